The summed E-state index contributed by atoms with van der Waals surface area (Å²) < 4.78 is 0. The van der Waals surface area contributed by atoms with Crippen molar-refractivity contribution in [1.82, 2.24) is 0 Å². The first-order valence-electron chi connectivity index (χ1n) is 0.436. The number of rotatable bonds is 0. The Morgan fingerprint density at radius 3 is 0.800 bits per heavy atom. The summed E-state index contributed by atoms with van der Waals surface area (Å²) in [5.41, 5.74) is 0. The monoisotopic (exact) mass is 126 g/mol. The predicted molar refractivity (Wildman–Crippen MR) is 33.6 cm³/mol. The van der Waals surface area contributed by atoms with Gasteiger partial charge in [0.25, 0.3) is 0 Å². The van der Waals surface area contributed by atoms with Gasteiger partial charge in [-0.15, -0.1) is 0 Å². The van der Waals surface area contributed by atoms with Crippen molar-refractivity contribution in [2.24, 2.45) is 0 Å². The molecule has 0 aromatic heterocycles. The van der Waals surface area contributed by atoms with Gasteiger partial charge in [-0.05, 0) is 0 Å². The van der Waals surface area contributed by atoms with E-state index in [0.717, 1.165) is 0 Å². The standard InChI is InChI=1S/2BCl.H2S/c2*1-2;/h;;1H2. The molecule has 0 heterocycles. The maximum atomic E-state index is 4.14. The smallest absolute Gasteiger partial charge is 0.214 e. The Bertz CT molecular complexity index is 7.61. The molecule has 0 saturated heterocycles. The van der Waals surface area contributed by atoms with Crippen LogP contribution in [-0.2, 0) is 0 Å². The minimum Gasteiger partial charge on any atom is -0.214 e. The maximum Gasteiger partial charge on any atom is 0.214 e. The Kier molecular flexibility index (Phi) is 246. The Morgan fingerprint density at radius 2 is 0.800 bits per heavy atom. The molecule has 0 rings (SSSR count). The normalized spacial score (nSPS) is 2.00. The molecule has 0 bridgehead atoms. The quantitative estimate of drug-likeness (QED) is 0.420. The highest BCUT2D eigenvalue weighted by atomic mass is 35.5. The molecule has 0 N–H and O–H groups in total. The first kappa shape index (κ1) is 16.6. The van der Waals surface area contributed by atoms with E-state index in [1.54, 1.807) is 0 Å². The van der Waals surface area contributed by atoms with Crippen molar-refractivity contribution in [3.8, 4) is 0 Å². The average Bonchev–Trinajstić information content (AvgIpc) is 1.50. The molecule has 0 spiro atoms. The summed E-state index contributed by atoms with van der Waals surface area (Å²) in [6.07, 6.45) is 0. The van der Waals surface area contributed by atoms with Gasteiger partial charge in [0.15, 0.2) is 0 Å². The van der Waals surface area contributed by atoms with Crippen molar-refractivity contribution < 1.29 is 0 Å². The zero-order valence-electron chi connectivity index (χ0n) is 2.41. The molecule has 0 nitrogen and oxygen atoms in total. The summed E-state index contributed by atoms with van der Waals surface area (Å²) >= 11 is 8.28. The zero-order valence-corrected chi connectivity index (χ0v) is 4.92. The Balaban J connectivity index is -0.0000000133. The molecule has 0 saturated carbocycles. The van der Waals surface area contributed by atoms with Crippen molar-refractivity contribution in [3.05, 3.63) is 0 Å². The fourth-order valence-electron chi connectivity index (χ4n) is 0. The average molecular weight is 127 g/mol. The summed E-state index contributed by atoms with van der Waals surface area (Å²) in [4.78, 5) is 0. The highest BCUT2D eigenvalue weighted by Gasteiger charge is 1.02. The van der Waals surface area contributed by atoms with E-state index in [0.29, 0.717) is 0 Å². The van der Waals surface area contributed by atoms with Crippen LogP contribution in [0, 0.1) is 0 Å². The summed E-state index contributed by atoms with van der Waals surface area (Å²) in [7, 11) is 7.94. The van der Waals surface area contributed by atoms with Crippen LogP contribution in [-0.4, -0.2) is 14.5 Å². The van der Waals surface area contributed by atoms with Gasteiger partial charge in [-0.3, -0.25) is 0 Å². The van der Waals surface area contributed by atoms with E-state index >= 15 is 0 Å². The zero-order chi connectivity index (χ0) is 4.00. The second-order valence-corrected chi connectivity index (χ2v) is 0. The predicted octanol–water partition coefficient (Wildman–Crippen LogP) is 0.730. The van der Waals surface area contributed by atoms with Crippen molar-refractivity contribution in [1.29, 1.82) is 0 Å². The van der Waals surface area contributed by atoms with Crippen molar-refractivity contribution >= 4 is 50.9 Å². The summed E-state index contributed by atoms with van der Waals surface area (Å²) in [6, 6.07) is 0. The van der Waals surface area contributed by atoms with Crippen LogP contribution in [0.3, 0.4) is 0 Å². The highest BCUT2D eigenvalue weighted by Crippen LogP contribution is 1.29. The molecule has 0 fully saturated rings. The molecular weight excluding hydrogens is 125 g/mol. The Morgan fingerprint density at radius 1 is 0.800 bits per heavy atom. The lowest BCUT2D eigenvalue weighted by Crippen LogP contribution is -0.980. The molecule has 5 heteroatoms. The molecule has 0 aliphatic heterocycles. The molecule has 0 aromatic rings. The first-order valence-corrected chi connectivity index (χ1v) is 1.31. The van der Waals surface area contributed by atoms with Crippen LogP contribution in [0.15, 0.2) is 0 Å². The topological polar surface area (TPSA) is 0 Å². The lowest BCUT2D eigenvalue weighted by Gasteiger charge is -1.02. The van der Waals surface area contributed by atoms with E-state index in [1.807, 2.05) is 0 Å². The van der Waals surface area contributed by atoms with Gasteiger partial charge in [0.1, 0.15) is 0 Å². The van der Waals surface area contributed by atoms with Crippen LogP contribution in [0.5, 0.6) is 0 Å². The van der Waals surface area contributed by atoms with E-state index in [-0.39, 0.29) is 13.5 Å². The highest BCUT2D eigenvalue weighted by molar-refractivity contribution is 7.59. The number of hydrogen-bond donors (Lipinski definition) is 0. The van der Waals surface area contributed by atoms with Gasteiger partial charge in [-0.2, -0.15) is 13.5 Å². The van der Waals surface area contributed by atoms with Gasteiger partial charge >= 0.3 is 0 Å². The third-order valence-corrected chi connectivity index (χ3v) is 0. The van der Waals surface area contributed by atoms with Crippen LogP contribution in [0.25, 0.3) is 0 Å². The number of hydrogen-bond acceptors (Lipinski definition) is 0. The van der Waals surface area contributed by atoms with E-state index in [1.165, 1.54) is 0 Å². The van der Waals surface area contributed by atoms with Gasteiger partial charge in [-0.1, -0.05) is 0 Å². The van der Waals surface area contributed by atoms with Gasteiger partial charge in [-0.25, -0.2) is 22.9 Å². The van der Waals surface area contributed by atoms with Gasteiger partial charge in [0.05, 0.1) is 0 Å². The summed E-state index contributed by atoms with van der Waals surface area (Å²) in [5, 5.41) is 0. The largest absolute Gasteiger partial charge is 0.214 e. The van der Waals surface area contributed by atoms with Gasteiger partial charge in [0.2, 0.25) is 14.5 Å². The van der Waals surface area contributed by atoms with Crippen molar-refractivity contribution in [3.63, 3.8) is 0 Å². The fourth-order valence-corrected chi connectivity index (χ4v) is 0. The second-order valence-electron chi connectivity index (χ2n) is 0. The molecule has 0 aromatic carbocycles. The third kappa shape index (κ3) is 42.2. The van der Waals surface area contributed by atoms with Gasteiger partial charge in [0, 0.05) is 0 Å². The Labute approximate surface area is 51.3 Å². The van der Waals surface area contributed by atoms with Crippen LogP contribution in [0.4, 0.5) is 0 Å². The molecule has 0 atom stereocenters. The number of halogens is 2. The lowest BCUT2D eigenvalue weighted by molar-refractivity contribution is 4.80. The molecule has 0 amide bonds. The third-order valence-electron chi connectivity index (χ3n) is 0. The Hall–Kier alpha value is 1.06. The van der Waals surface area contributed by atoms with Crippen LogP contribution >= 0.6 is 36.4 Å². The molecule has 5 heavy (non-hydrogen) atoms. The molecule has 4 radical (unpaired) electrons. The second kappa shape index (κ2) is 74.2. The first-order chi connectivity index (χ1) is 2.00. The minimum absolute atomic E-state index is 0. The summed E-state index contributed by atoms with van der Waals surface area (Å²) in [6.45, 7) is 0. The van der Waals surface area contributed by atoms with E-state index in [2.05, 4.69) is 37.4 Å². The fraction of sp³-hybridized carbons (Fsp3) is 0. The SMILES string of the molecule is S.[B]Cl.[B]Cl. The molecular formula is H2B2Cl2S. The maximum absolute atomic E-state index is 4.14. The van der Waals surface area contributed by atoms with E-state index < -0.39 is 0 Å². The van der Waals surface area contributed by atoms with Crippen molar-refractivity contribution in [2.45, 2.75) is 0 Å². The van der Waals surface area contributed by atoms with Gasteiger partial charge < -0.3 is 0 Å². The summed E-state index contributed by atoms with van der Waals surface area (Å²) in [5.74, 6) is 0. The minimum atomic E-state index is 0. The molecule has 0 aliphatic carbocycles. The lowest BCUT2D eigenvalue weighted by atomic mass is 10.8. The molecule has 28 valence electrons. The van der Waals surface area contributed by atoms with Crippen LogP contribution < -0.4 is 0 Å². The van der Waals surface area contributed by atoms with E-state index in [9.17, 15) is 0 Å². The van der Waals surface area contributed by atoms with Crippen molar-refractivity contribution in [2.75, 3.05) is 0 Å². The van der Waals surface area contributed by atoms with E-state index in [4.69, 9.17) is 0 Å². The van der Waals surface area contributed by atoms with Crippen LogP contribution in [0.2, 0.25) is 0 Å². The van der Waals surface area contributed by atoms with Crippen LogP contribution in [0.1, 0.15) is 0 Å². The molecule has 0 aliphatic rings. The molecule has 0 unspecified atom stereocenters.